The number of imidazole rings is 1. The number of ether oxygens (including phenoxy) is 2. The van der Waals surface area contributed by atoms with Gasteiger partial charge in [-0.1, -0.05) is 18.2 Å². The van der Waals surface area contributed by atoms with Crippen LogP contribution in [-0.4, -0.2) is 50.3 Å². The number of nitrogens with two attached hydrogens (primary N) is 1. The summed E-state index contributed by atoms with van der Waals surface area (Å²) in [5, 5.41) is 2.68. The van der Waals surface area contributed by atoms with E-state index in [-0.39, 0.29) is 25.0 Å². The van der Waals surface area contributed by atoms with E-state index in [1.54, 1.807) is 55.1 Å². The monoisotopic (exact) mass is 504 g/mol. The second-order valence-electron chi connectivity index (χ2n) is 8.41. The van der Waals surface area contributed by atoms with Gasteiger partial charge in [0.25, 0.3) is 0 Å². The number of anilines is 1. The standard InChI is InChI=1S/C22H29N6O6P/c1-14(2)32-22(29)15(3)27-35(30,34-16-7-5-4-6-8-16)31-11-17-9-10-18(33-17)28-13-26-19-20(23)24-12-25-21(19)28/h4-8,12-15,17-18H,9-11H2,1-3H3,(H,27,30)(H2,23,24,25)/t15-,17-,18+,35?/m0/s1. The molecule has 0 aliphatic carbocycles. The van der Waals surface area contributed by atoms with Crippen LogP contribution in [0.5, 0.6) is 5.75 Å². The third kappa shape index (κ3) is 6.15. The number of hydrogen-bond donors (Lipinski definition) is 2. The van der Waals surface area contributed by atoms with E-state index in [2.05, 4.69) is 20.0 Å². The van der Waals surface area contributed by atoms with Gasteiger partial charge in [-0.15, -0.1) is 0 Å². The van der Waals surface area contributed by atoms with Crippen LogP contribution in [0.1, 0.15) is 39.8 Å². The van der Waals surface area contributed by atoms with Crippen LogP contribution in [0.3, 0.4) is 0 Å². The fourth-order valence-corrected chi connectivity index (χ4v) is 5.13. The van der Waals surface area contributed by atoms with Crippen LogP contribution in [0.2, 0.25) is 0 Å². The number of para-hydroxylation sites is 1. The number of rotatable bonds is 10. The lowest BCUT2D eigenvalue weighted by Crippen LogP contribution is -2.36. The minimum absolute atomic E-state index is 0.0245. The second kappa shape index (κ2) is 10.7. The summed E-state index contributed by atoms with van der Waals surface area (Å²) in [5.41, 5.74) is 6.94. The van der Waals surface area contributed by atoms with Gasteiger partial charge in [-0.05, 0) is 45.7 Å². The molecule has 4 rings (SSSR count). The highest BCUT2D eigenvalue weighted by atomic mass is 31.2. The first-order valence-electron chi connectivity index (χ1n) is 11.3. The molecule has 1 aliphatic rings. The number of nitrogens with one attached hydrogen (secondary N) is 1. The zero-order chi connectivity index (χ0) is 25.0. The molecule has 1 saturated heterocycles. The molecule has 0 amide bonds. The molecule has 3 N–H and O–H groups in total. The summed E-state index contributed by atoms with van der Waals surface area (Å²) in [7, 11) is -3.96. The molecule has 0 spiro atoms. The Morgan fingerprint density at radius 1 is 1.23 bits per heavy atom. The number of aromatic nitrogens is 4. The molecule has 1 unspecified atom stereocenters. The molecule has 0 radical (unpaired) electrons. The van der Waals surface area contributed by atoms with E-state index < -0.39 is 19.8 Å². The molecular formula is C22H29N6O6P. The molecule has 12 nitrogen and oxygen atoms in total. The number of carbonyl (C=O) groups excluding carboxylic acids is 1. The lowest BCUT2D eigenvalue weighted by molar-refractivity contribution is -0.149. The fourth-order valence-electron chi connectivity index (χ4n) is 3.61. The highest BCUT2D eigenvalue weighted by Crippen LogP contribution is 2.46. The fraction of sp³-hybridized carbons (Fsp3) is 0.455. The van der Waals surface area contributed by atoms with E-state index in [0.717, 1.165) is 0 Å². The zero-order valence-electron chi connectivity index (χ0n) is 19.7. The van der Waals surface area contributed by atoms with Gasteiger partial charge in [-0.2, -0.15) is 5.09 Å². The molecule has 2 aromatic heterocycles. The van der Waals surface area contributed by atoms with Crippen molar-refractivity contribution >= 4 is 30.7 Å². The molecule has 0 saturated carbocycles. The maximum Gasteiger partial charge on any atom is 0.459 e. The number of carbonyl (C=O) groups is 1. The summed E-state index contributed by atoms with van der Waals surface area (Å²) in [6.45, 7) is 4.98. The number of fused-ring (bicyclic) bond motifs is 1. The van der Waals surface area contributed by atoms with Crippen LogP contribution < -0.4 is 15.3 Å². The number of esters is 1. The normalized spacial score (nSPS) is 20.6. The van der Waals surface area contributed by atoms with Gasteiger partial charge in [0.2, 0.25) is 0 Å². The Morgan fingerprint density at radius 2 is 2.00 bits per heavy atom. The molecule has 1 aliphatic heterocycles. The van der Waals surface area contributed by atoms with Crippen LogP contribution in [0.15, 0.2) is 43.0 Å². The van der Waals surface area contributed by atoms with E-state index in [1.807, 2.05) is 0 Å². The number of benzene rings is 1. The first-order chi connectivity index (χ1) is 16.7. The summed E-state index contributed by atoms with van der Waals surface area (Å²) >= 11 is 0. The molecule has 13 heteroatoms. The Morgan fingerprint density at radius 3 is 2.74 bits per heavy atom. The molecule has 1 fully saturated rings. The van der Waals surface area contributed by atoms with Crippen molar-refractivity contribution in [2.75, 3.05) is 12.3 Å². The van der Waals surface area contributed by atoms with Crippen molar-refractivity contribution < 1.29 is 27.9 Å². The Kier molecular flexibility index (Phi) is 7.66. The van der Waals surface area contributed by atoms with Crippen molar-refractivity contribution in [2.24, 2.45) is 0 Å². The van der Waals surface area contributed by atoms with Gasteiger partial charge < -0.3 is 19.7 Å². The van der Waals surface area contributed by atoms with Crippen LogP contribution in [0.25, 0.3) is 11.2 Å². The summed E-state index contributed by atoms with van der Waals surface area (Å²) in [6, 6.07) is 7.66. The van der Waals surface area contributed by atoms with Crippen LogP contribution >= 0.6 is 7.75 Å². The van der Waals surface area contributed by atoms with E-state index in [1.165, 1.54) is 13.3 Å². The second-order valence-corrected chi connectivity index (χ2v) is 10.1. The largest absolute Gasteiger partial charge is 0.462 e. The first-order valence-corrected chi connectivity index (χ1v) is 12.8. The van der Waals surface area contributed by atoms with Crippen LogP contribution in [0.4, 0.5) is 5.82 Å². The van der Waals surface area contributed by atoms with Gasteiger partial charge in [0, 0.05) is 0 Å². The lowest BCUT2D eigenvalue weighted by Gasteiger charge is -2.24. The van der Waals surface area contributed by atoms with E-state index in [4.69, 9.17) is 24.3 Å². The van der Waals surface area contributed by atoms with E-state index in [0.29, 0.717) is 35.6 Å². The van der Waals surface area contributed by atoms with Crippen LogP contribution in [0, 0.1) is 0 Å². The van der Waals surface area contributed by atoms with Crippen molar-refractivity contribution in [3.63, 3.8) is 0 Å². The minimum Gasteiger partial charge on any atom is -0.462 e. The number of nitrogen functional groups attached to an aromatic ring is 1. The van der Waals surface area contributed by atoms with Crippen molar-refractivity contribution in [1.82, 2.24) is 24.6 Å². The lowest BCUT2D eigenvalue weighted by atomic mass is 10.2. The molecule has 4 atom stereocenters. The van der Waals surface area contributed by atoms with Gasteiger partial charge >= 0.3 is 13.7 Å². The average Bonchev–Trinajstić information content (AvgIpc) is 3.45. The Labute approximate surface area is 202 Å². The summed E-state index contributed by atoms with van der Waals surface area (Å²) in [6.07, 6.45) is 3.26. The third-order valence-electron chi connectivity index (χ3n) is 5.24. The van der Waals surface area contributed by atoms with Crippen molar-refractivity contribution in [3.8, 4) is 5.75 Å². The van der Waals surface area contributed by atoms with Gasteiger partial charge in [-0.3, -0.25) is 13.9 Å². The molecule has 3 aromatic rings. The predicted octanol–water partition coefficient (Wildman–Crippen LogP) is 3.22. The number of nitrogens with zero attached hydrogens (tertiary/aromatic N) is 4. The zero-order valence-corrected chi connectivity index (χ0v) is 20.6. The Bertz CT molecular complexity index is 1210. The molecule has 0 bridgehead atoms. The Hall–Kier alpha value is -3.05. The van der Waals surface area contributed by atoms with E-state index >= 15 is 0 Å². The highest BCUT2D eigenvalue weighted by Gasteiger charge is 2.36. The summed E-state index contributed by atoms with van der Waals surface area (Å²) in [5.74, 6) is 0.0628. The average molecular weight is 504 g/mol. The maximum atomic E-state index is 13.6. The summed E-state index contributed by atoms with van der Waals surface area (Å²) < 4.78 is 38.1. The molecular weight excluding hydrogens is 475 g/mol. The van der Waals surface area contributed by atoms with Crippen molar-refractivity contribution in [3.05, 3.63) is 43.0 Å². The molecule has 1 aromatic carbocycles. The van der Waals surface area contributed by atoms with E-state index in [9.17, 15) is 9.36 Å². The maximum absolute atomic E-state index is 13.6. The first kappa shape index (κ1) is 25.1. The minimum atomic E-state index is -3.96. The van der Waals surface area contributed by atoms with Crippen molar-refractivity contribution in [2.45, 2.75) is 58.1 Å². The highest BCUT2D eigenvalue weighted by molar-refractivity contribution is 7.52. The summed E-state index contributed by atoms with van der Waals surface area (Å²) in [4.78, 5) is 24.8. The van der Waals surface area contributed by atoms with Gasteiger partial charge in [-0.25, -0.2) is 19.5 Å². The third-order valence-corrected chi connectivity index (χ3v) is 6.88. The molecule has 188 valence electrons. The smallest absolute Gasteiger partial charge is 0.459 e. The Balaban J connectivity index is 1.43. The quantitative estimate of drug-likeness (QED) is 0.309. The molecule has 35 heavy (non-hydrogen) atoms. The van der Waals surface area contributed by atoms with Crippen molar-refractivity contribution in [1.29, 1.82) is 0 Å². The van der Waals surface area contributed by atoms with Gasteiger partial charge in [0.05, 0.1) is 25.1 Å². The van der Waals surface area contributed by atoms with Crippen LogP contribution in [-0.2, 0) is 23.4 Å². The molecule has 3 heterocycles. The van der Waals surface area contributed by atoms with Gasteiger partial charge in [0.15, 0.2) is 11.5 Å². The predicted molar refractivity (Wildman–Crippen MR) is 127 cm³/mol. The van der Waals surface area contributed by atoms with Gasteiger partial charge in [0.1, 0.15) is 29.9 Å². The number of hydrogen-bond acceptors (Lipinski definition) is 10. The topological polar surface area (TPSA) is 153 Å². The SMILES string of the molecule is CC(C)OC(=O)[C@H](C)NP(=O)(OC[C@@H]1CC[C@H](n2cnc3c(N)ncnc32)O1)Oc1ccccc1.